The van der Waals surface area contributed by atoms with Gasteiger partial charge in [-0.15, -0.1) is 0 Å². The molecule has 4 rings (SSSR count). The van der Waals surface area contributed by atoms with Crippen LogP contribution in [0, 0.1) is 0 Å². The molecule has 0 atom stereocenters. The maximum atomic E-state index is 12.5. The Hall–Kier alpha value is -2.53. The molecule has 1 aliphatic heterocycles. The normalized spacial score (nSPS) is 15.4. The van der Waals surface area contributed by atoms with Crippen molar-refractivity contribution < 1.29 is 4.79 Å². The van der Waals surface area contributed by atoms with Crippen LogP contribution in [0.25, 0.3) is 11.0 Å². The number of imidazole rings is 1. The average molecular weight is 397 g/mol. The van der Waals surface area contributed by atoms with E-state index in [0.29, 0.717) is 16.6 Å². The minimum atomic E-state index is -0.0598. The Kier molecular flexibility index (Phi) is 5.27. The fourth-order valence-electron chi connectivity index (χ4n) is 3.89. The Balaban J connectivity index is 1.45. The number of halogens is 1. The van der Waals surface area contributed by atoms with E-state index in [1.54, 1.807) is 24.3 Å². The van der Waals surface area contributed by atoms with Crippen molar-refractivity contribution in [3.05, 3.63) is 59.1 Å². The number of amides is 1. The Labute approximate surface area is 170 Å². The van der Waals surface area contributed by atoms with E-state index in [0.717, 1.165) is 37.4 Å². The Morgan fingerprint density at radius 3 is 2.61 bits per heavy atom. The lowest BCUT2D eigenvalue weighted by Crippen LogP contribution is -2.45. The molecule has 0 aliphatic carbocycles. The minimum absolute atomic E-state index is 0.0598. The van der Waals surface area contributed by atoms with E-state index < -0.39 is 0 Å². The molecule has 0 spiro atoms. The van der Waals surface area contributed by atoms with Crippen LogP contribution in [0.2, 0.25) is 5.02 Å². The van der Waals surface area contributed by atoms with Gasteiger partial charge in [0.05, 0.1) is 11.0 Å². The number of carbonyl (C=O) groups is 1. The molecule has 0 saturated carbocycles. The smallest absolute Gasteiger partial charge is 0.251 e. The van der Waals surface area contributed by atoms with Crippen LogP contribution in [0.3, 0.4) is 0 Å². The van der Waals surface area contributed by atoms with E-state index in [9.17, 15) is 4.79 Å². The third-order valence-electron chi connectivity index (χ3n) is 5.29. The van der Waals surface area contributed by atoms with Crippen molar-refractivity contribution in [1.29, 1.82) is 0 Å². The van der Waals surface area contributed by atoms with Gasteiger partial charge in [-0.25, -0.2) is 4.98 Å². The number of anilines is 1. The van der Waals surface area contributed by atoms with E-state index in [2.05, 4.69) is 46.8 Å². The van der Waals surface area contributed by atoms with Gasteiger partial charge in [-0.3, -0.25) is 4.79 Å². The second kappa shape index (κ2) is 7.84. The number of para-hydroxylation sites is 2. The molecule has 1 aliphatic rings. The number of piperidine rings is 1. The van der Waals surface area contributed by atoms with Crippen molar-refractivity contribution in [3.63, 3.8) is 0 Å². The molecular weight excluding hydrogens is 372 g/mol. The van der Waals surface area contributed by atoms with Crippen molar-refractivity contribution >= 4 is 34.5 Å². The highest BCUT2D eigenvalue weighted by atomic mass is 35.5. The minimum Gasteiger partial charge on any atom is -0.349 e. The predicted molar refractivity (Wildman–Crippen MR) is 114 cm³/mol. The first-order chi connectivity index (χ1) is 13.5. The molecule has 6 heteroatoms. The first kappa shape index (κ1) is 18.8. The van der Waals surface area contributed by atoms with Crippen LogP contribution in [-0.4, -0.2) is 34.6 Å². The summed E-state index contributed by atoms with van der Waals surface area (Å²) in [6.07, 6.45) is 1.79. The molecule has 1 aromatic heterocycles. The molecule has 0 radical (unpaired) electrons. The number of benzene rings is 2. The Morgan fingerprint density at radius 2 is 1.89 bits per heavy atom. The van der Waals surface area contributed by atoms with E-state index >= 15 is 0 Å². The summed E-state index contributed by atoms with van der Waals surface area (Å²) in [6.45, 7) is 6.12. The first-order valence-electron chi connectivity index (χ1n) is 9.81. The number of fused-ring (bicyclic) bond motifs is 1. The topological polar surface area (TPSA) is 50.2 Å². The fraction of sp³-hybridized carbons (Fsp3) is 0.364. The van der Waals surface area contributed by atoms with Gasteiger partial charge < -0.3 is 14.8 Å². The van der Waals surface area contributed by atoms with Crippen molar-refractivity contribution in [2.75, 3.05) is 18.0 Å². The van der Waals surface area contributed by atoms with Crippen LogP contribution in [0.1, 0.15) is 43.1 Å². The zero-order chi connectivity index (χ0) is 19.7. The van der Waals surface area contributed by atoms with Crippen LogP contribution >= 0.6 is 11.6 Å². The van der Waals surface area contributed by atoms with Gasteiger partial charge in [-0.1, -0.05) is 29.8 Å². The highest BCUT2D eigenvalue weighted by Crippen LogP contribution is 2.28. The molecule has 2 aromatic carbocycles. The van der Waals surface area contributed by atoms with Crippen molar-refractivity contribution in [2.24, 2.45) is 0 Å². The maximum absolute atomic E-state index is 12.5. The number of nitrogens with zero attached hydrogens (tertiary/aromatic N) is 3. The van der Waals surface area contributed by atoms with Gasteiger partial charge in [0.25, 0.3) is 5.91 Å². The third kappa shape index (κ3) is 3.72. The summed E-state index contributed by atoms with van der Waals surface area (Å²) < 4.78 is 2.31. The SMILES string of the molecule is CC(C)n1c(N2CCC(NC(=O)c3cccc(Cl)c3)CC2)nc2ccccc21. The van der Waals surface area contributed by atoms with Gasteiger partial charge in [0, 0.05) is 35.8 Å². The largest absolute Gasteiger partial charge is 0.349 e. The fourth-order valence-corrected chi connectivity index (χ4v) is 4.08. The summed E-state index contributed by atoms with van der Waals surface area (Å²) in [5.74, 6) is 0.964. The van der Waals surface area contributed by atoms with Gasteiger partial charge in [0.15, 0.2) is 0 Å². The first-order valence-corrected chi connectivity index (χ1v) is 10.2. The van der Waals surface area contributed by atoms with E-state index in [1.165, 1.54) is 5.52 Å². The average Bonchev–Trinajstić information content (AvgIpc) is 3.08. The zero-order valence-corrected chi connectivity index (χ0v) is 17.0. The van der Waals surface area contributed by atoms with Gasteiger partial charge in [-0.05, 0) is 57.0 Å². The molecule has 2 heterocycles. The third-order valence-corrected chi connectivity index (χ3v) is 5.53. The number of nitrogens with one attached hydrogen (secondary N) is 1. The summed E-state index contributed by atoms with van der Waals surface area (Å²) in [5.41, 5.74) is 2.81. The summed E-state index contributed by atoms with van der Waals surface area (Å²) in [6, 6.07) is 15.9. The number of rotatable bonds is 4. The molecule has 1 saturated heterocycles. The number of hydrogen-bond donors (Lipinski definition) is 1. The number of aromatic nitrogens is 2. The van der Waals surface area contributed by atoms with Crippen molar-refractivity contribution in [1.82, 2.24) is 14.9 Å². The highest BCUT2D eigenvalue weighted by molar-refractivity contribution is 6.30. The lowest BCUT2D eigenvalue weighted by Gasteiger charge is -2.34. The van der Waals surface area contributed by atoms with Gasteiger partial charge in [0.1, 0.15) is 0 Å². The molecule has 146 valence electrons. The maximum Gasteiger partial charge on any atom is 0.251 e. The number of hydrogen-bond acceptors (Lipinski definition) is 3. The predicted octanol–water partition coefficient (Wildman–Crippen LogP) is 4.67. The van der Waals surface area contributed by atoms with E-state index in [4.69, 9.17) is 16.6 Å². The molecular formula is C22H25ClN4O. The molecule has 1 amide bonds. The molecule has 28 heavy (non-hydrogen) atoms. The second-order valence-electron chi connectivity index (χ2n) is 7.61. The lowest BCUT2D eigenvalue weighted by atomic mass is 10.0. The standard InChI is InChI=1S/C22H25ClN4O/c1-15(2)27-20-9-4-3-8-19(20)25-22(27)26-12-10-18(11-13-26)24-21(28)16-6-5-7-17(23)14-16/h3-9,14-15,18H,10-13H2,1-2H3,(H,24,28). The van der Waals surface area contributed by atoms with Crippen LogP contribution in [0.15, 0.2) is 48.5 Å². The van der Waals surface area contributed by atoms with Crippen LogP contribution in [-0.2, 0) is 0 Å². The van der Waals surface area contributed by atoms with Crippen LogP contribution in [0.5, 0.6) is 0 Å². The summed E-state index contributed by atoms with van der Waals surface area (Å²) in [7, 11) is 0. The molecule has 0 bridgehead atoms. The molecule has 1 N–H and O–H groups in total. The highest BCUT2D eigenvalue weighted by Gasteiger charge is 2.25. The second-order valence-corrected chi connectivity index (χ2v) is 8.05. The van der Waals surface area contributed by atoms with Gasteiger partial charge in [0.2, 0.25) is 5.95 Å². The zero-order valence-electron chi connectivity index (χ0n) is 16.2. The molecule has 5 nitrogen and oxygen atoms in total. The number of carbonyl (C=O) groups excluding carboxylic acids is 1. The van der Waals surface area contributed by atoms with Crippen molar-refractivity contribution in [3.8, 4) is 0 Å². The molecule has 1 fully saturated rings. The van der Waals surface area contributed by atoms with Gasteiger partial charge in [-0.2, -0.15) is 0 Å². The monoisotopic (exact) mass is 396 g/mol. The summed E-state index contributed by atoms with van der Waals surface area (Å²) >= 11 is 6.00. The van der Waals surface area contributed by atoms with E-state index in [-0.39, 0.29) is 11.9 Å². The van der Waals surface area contributed by atoms with Gasteiger partial charge >= 0.3 is 0 Å². The summed E-state index contributed by atoms with van der Waals surface area (Å²) in [4.78, 5) is 19.7. The van der Waals surface area contributed by atoms with Crippen LogP contribution < -0.4 is 10.2 Å². The van der Waals surface area contributed by atoms with E-state index in [1.807, 2.05) is 6.07 Å². The van der Waals surface area contributed by atoms with Crippen LogP contribution in [0.4, 0.5) is 5.95 Å². The Morgan fingerprint density at radius 1 is 1.14 bits per heavy atom. The van der Waals surface area contributed by atoms with Crippen molar-refractivity contribution in [2.45, 2.75) is 38.8 Å². The quantitative estimate of drug-likeness (QED) is 0.697. The summed E-state index contributed by atoms with van der Waals surface area (Å²) in [5, 5.41) is 3.73. The Bertz CT molecular complexity index is 989. The molecule has 3 aromatic rings. The molecule has 0 unspecified atom stereocenters. The lowest BCUT2D eigenvalue weighted by molar-refractivity contribution is 0.0931.